The van der Waals surface area contributed by atoms with E-state index >= 15 is 0 Å². The predicted molar refractivity (Wildman–Crippen MR) is 65.9 cm³/mol. The lowest BCUT2D eigenvalue weighted by atomic mass is 9.90. The van der Waals surface area contributed by atoms with Gasteiger partial charge in [-0.05, 0) is 6.08 Å². The molecule has 0 heterocycles. The van der Waals surface area contributed by atoms with E-state index in [-0.39, 0.29) is 18.1 Å². The van der Waals surface area contributed by atoms with E-state index in [0.29, 0.717) is 16.7 Å². The molecule has 1 aliphatic rings. The fraction of sp³-hybridized carbons (Fsp3) is 0.154. The Bertz CT molecular complexity index is 620. The van der Waals surface area contributed by atoms with Crippen LogP contribution < -0.4 is 5.73 Å². The van der Waals surface area contributed by atoms with Gasteiger partial charge in [-0.3, -0.25) is 9.59 Å². The Morgan fingerprint density at radius 1 is 1.14 bits per heavy atom. The van der Waals surface area contributed by atoms with Crippen molar-refractivity contribution >= 4 is 17.5 Å². The van der Waals surface area contributed by atoms with Crippen LogP contribution in [0.15, 0.2) is 35.9 Å². The van der Waals surface area contributed by atoms with Crippen molar-refractivity contribution in [2.24, 2.45) is 5.73 Å². The van der Waals surface area contributed by atoms with Crippen molar-refractivity contribution in [2.45, 2.75) is 6.18 Å². The topological polar surface area (TPSA) is 97.5 Å². The molecule has 2 rings (SSSR count). The first kappa shape index (κ1) is 16.6. The average Bonchev–Trinajstić information content (AvgIpc) is 2.42. The van der Waals surface area contributed by atoms with Crippen molar-refractivity contribution in [3.8, 4) is 0 Å². The fourth-order valence-electron chi connectivity index (χ4n) is 1.52. The van der Waals surface area contributed by atoms with Crippen LogP contribution in [0.1, 0.15) is 20.7 Å². The summed E-state index contributed by atoms with van der Waals surface area (Å²) in [5, 5.41) is 7.12. The van der Waals surface area contributed by atoms with Crippen LogP contribution in [-0.2, 0) is 4.79 Å². The van der Waals surface area contributed by atoms with Crippen molar-refractivity contribution in [1.82, 2.24) is 0 Å². The highest BCUT2D eigenvalue weighted by molar-refractivity contribution is 6.24. The van der Waals surface area contributed by atoms with Crippen molar-refractivity contribution in [2.75, 3.05) is 6.54 Å². The number of aliphatic carboxylic acids is 1. The van der Waals surface area contributed by atoms with E-state index in [1.807, 2.05) is 0 Å². The van der Waals surface area contributed by atoms with Gasteiger partial charge in [-0.15, -0.1) is 0 Å². The van der Waals surface area contributed by atoms with E-state index in [4.69, 9.17) is 15.6 Å². The zero-order valence-corrected chi connectivity index (χ0v) is 10.5. The highest BCUT2D eigenvalue weighted by atomic mass is 19.4. The number of halogens is 3. The third-order valence-corrected chi connectivity index (χ3v) is 2.50. The zero-order chi connectivity index (χ0) is 16.2. The molecule has 8 heteroatoms. The SMILES string of the molecule is NCC1=CC(=O)c2ccccc2C1=O.O=C(O)C(F)(F)F. The third-order valence-electron chi connectivity index (χ3n) is 2.50. The Morgan fingerprint density at radius 3 is 2.05 bits per heavy atom. The zero-order valence-electron chi connectivity index (χ0n) is 10.5. The van der Waals surface area contributed by atoms with Gasteiger partial charge in [0, 0.05) is 23.2 Å². The molecule has 112 valence electrons. The van der Waals surface area contributed by atoms with Crippen molar-refractivity contribution in [1.29, 1.82) is 0 Å². The van der Waals surface area contributed by atoms with Crippen LogP contribution >= 0.6 is 0 Å². The first-order valence-corrected chi connectivity index (χ1v) is 5.57. The minimum absolute atomic E-state index is 0.110. The van der Waals surface area contributed by atoms with E-state index in [1.54, 1.807) is 24.3 Å². The van der Waals surface area contributed by atoms with E-state index in [0.717, 1.165) is 0 Å². The number of carboxylic acid groups (broad SMARTS) is 1. The maximum atomic E-state index is 11.7. The summed E-state index contributed by atoms with van der Waals surface area (Å²) in [6.07, 6.45) is -3.76. The second-order valence-electron chi connectivity index (χ2n) is 3.92. The lowest BCUT2D eigenvalue weighted by Crippen LogP contribution is -2.21. The van der Waals surface area contributed by atoms with Gasteiger partial charge < -0.3 is 10.8 Å². The lowest BCUT2D eigenvalue weighted by Gasteiger charge is -2.12. The Hall–Kier alpha value is -2.48. The van der Waals surface area contributed by atoms with Crippen LogP contribution in [0.2, 0.25) is 0 Å². The summed E-state index contributed by atoms with van der Waals surface area (Å²) >= 11 is 0. The van der Waals surface area contributed by atoms with E-state index < -0.39 is 12.1 Å². The minimum Gasteiger partial charge on any atom is -0.475 e. The molecule has 0 amide bonds. The summed E-state index contributed by atoms with van der Waals surface area (Å²) in [4.78, 5) is 32.1. The van der Waals surface area contributed by atoms with E-state index in [9.17, 15) is 22.8 Å². The molecule has 1 aromatic carbocycles. The molecule has 0 bridgehead atoms. The van der Waals surface area contributed by atoms with Crippen molar-refractivity contribution < 1.29 is 32.7 Å². The number of hydrogen-bond acceptors (Lipinski definition) is 4. The number of fused-ring (bicyclic) bond motifs is 1. The van der Waals surface area contributed by atoms with Crippen LogP contribution in [-0.4, -0.2) is 35.4 Å². The van der Waals surface area contributed by atoms with Gasteiger partial charge in [-0.2, -0.15) is 13.2 Å². The van der Waals surface area contributed by atoms with Gasteiger partial charge in [0.15, 0.2) is 11.6 Å². The van der Waals surface area contributed by atoms with Crippen LogP contribution in [0.4, 0.5) is 13.2 Å². The van der Waals surface area contributed by atoms with Gasteiger partial charge in [0.1, 0.15) is 0 Å². The fourth-order valence-corrected chi connectivity index (χ4v) is 1.52. The molecule has 0 aromatic heterocycles. The van der Waals surface area contributed by atoms with Crippen LogP contribution in [0.5, 0.6) is 0 Å². The molecular weight excluding hydrogens is 291 g/mol. The number of carbonyl (C=O) groups excluding carboxylic acids is 2. The maximum Gasteiger partial charge on any atom is 0.490 e. The first-order valence-electron chi connectivity index (χ1n) is 5.57. The van der Waals surface area contributed by atoms with Crippen LogP contribution in [0.3, 0.4) is 0 Å². The molecule has 0 saturated carbocycles. The predicted octanol–water partition coefficient (Wildman–Crippen LogP) is 1.58. The number of ketones is 2. The van der Waals surface area contributed by atoms with Gasteiger partial charge in [0.25, 0.3) is 0 Å². The second-order valence-corrected chi connectivity index (χ2v) is 3.92. The number of carbonyl (C=O) groups is 3. The van der Waals surface area contributed by atoms with Crippen molar-refractivity contribution in [3.63, 3.8) is 0 Å². The molecule has 21 heavy (non-hydrogen) atoms. The number of Topliss-reactive ketones (excluding diaryl/α,β-unsaturated/α-hetero) is 1. The first-order chi connectivity index (χ1) is 9.68. The number of rotatable bonds is 1. The average molecular weight is 301 g/mol. The largest absolute Gasteiger partial charge is 0.490 e. The summed E-state index contributed by atoms with van der Waals surface area (Å²) in [6, 6.07) is 6.78. The minimum atomic E-state index is -5.08. The second kappa shape index (κ2) is 6.31. The number of allylic oxidation sites excluding steroid dienone is 1. The lowest BCUT2D eigenvalue weighted by molar-refractivity contribution is -0.192. The van der Waals surface area contributed by atoms with Gasteiger partial charge in [-0.1, -0.05) is 24.3 Å². The standard InChI is InChI=1S/C11H9NO2.C2HF3O2/c12-6-7-5-10(13)8-3-1-2-4-9(8)11(7)14;3-2(4,5)1(6)7/h1-5H,6,12H2;(H,6,7). The molecule has 0 unspecified atom stereocenters. The molecule has 1 aliphatic carbocycles. The quantitative estimate of drug-likeness (QED) is 0.820. The summed E-state index contributed by atoms with van der Waals surface area (Å²) < 4.78 is 31.7. The molecule has 0 radical (unpaired) electrons. The van der Waals surface area contributed by atoms with Gasteiger partial charge in [-0.25, -0.2) is 4.79 Å². The highest BCUT2D eigenvalue weighted by Crippen LogP contribution is 2.20. The normalized spacial score (nSPS) is 13.8. The highest BCUT2D eigenvalue weighted by Gasteiger charge is 2.38. The Labute approximate surface area is 116 Å². The molecule has 0 atom stereocenters. The Balaban J connectivity index is 0.000000270. The molecule has 3 N–H and O–H groups in total. The molecule has 1 aromatic rings. The summed E-state index contributed by atoms with van der Waals surface area (Å²) in [7, 11) is 0. The van der Waals surface area contributed by atoms with Crippen molar-refractivity contribution in [3.05, 3.63) is 47.0 Å². The van der Waals surface area contributed by atoms with E-state index in [1.165, 1.54) is 6.08 Å². The summed E-state index contributed by atoms with van der Waals surface area (Å²) in [5.41, 5.74) is 6.68. The Morgan fingerprint density at radius 2 is 1.62 bits per heavy atom. The summed E-state index contributed by atoms with van der Waals surface area (Å²) in [6.45, 7) is 0.110. The summed E-state index contributed by atoms with van der Waals surface area (Å²) in [5.74, 6) is -3.03. The van der Waals surface area contributed by atoms with Gasteiger partial charge in [0.2, 0.25) is 0 Å². The molecule has 0 spiro atoms. The molecular formula is C13H10F3NO4. The maximum absolute atomic E-state index is 11.7. The number of benzene rings is 1. The number of carboxylic acids is 1. The molecule has 0 saturated heterocycles. The number of alkyl halides is 3. The number of nitrogens with two attached hydrogens (primary N) is 1. The molecule has 0 fully saturated rings. The third kappa shape index (κ3) is 3.99. The van der Waals surface area contributed by atoms with Crippen LogP contribution in [0, 0.1) is 0 Å². The monoisotopic (exact) mass is 301 g/mol. The Kier molecular flexibility index (Phi) is 4.98. The smallest absolute Gasteiger partial charge is 0.475 e. The van der Waals surface area contributed by atoms with Gasteiger partial charge in [0.05, 0.1) is 0 Å². The van der Waals surface area contributed by atoms with E-state index in [2.05, 4.69) is 0 Å². The molecule has 5 nitrogen and oxygen atoms in total. The van der Waals surface area contributed by atoms with Crippen LogP contribution in [0.25, 0.3) is 0 Å². The molecule has 0 aliphatic heterocycles. The van der Waals surface area contributed by atoms with Gasteiger partial charge >= 0.3 is 12.1 Å². The number of hydrogen-bond donors (Lipinski definition) is 2.